The van der Waals surface area contributed by atoms with Crippen LogP contribution in [-0.2, 0) is 14.8 Å². The number of ether oxygens (including phenoxy) is 1. The highest BCUT2D eigenvalue weighted by molar-refractivity contribution is 7.89. The lowest BCUT2D eigenvalue weighted by molar-refractivity contribution is 0.0240. The summed E-state index contributed by atoms with van der Waals surface area (Å²) in [5, 5.41) is 10.8. The number of anilines is 1. The lowest BCUT2D eigenvalue weighted by Crippen LogP contribution is -2.50. The molecule has 12 heteroatoms. The first kappa shape index (κ1) is 23.3. The Morgan fingerprint density at radius 1 is 1.20 bits per heavy atom. The molecule has 2 fully saturated rings. The summed E-state index contributed by atoms with van der Waals surface area (Å²) in [6.45, 7) is 7.67. The number of nitriles is 1. The molecule has 1 saturated heterocycles. The van der Waals surface area contributed by atoms with Gasteiger partial charge in [0.1, 0.15) is 28.9 Å². The van der Waals surface area contributed by atoms with E-state index >= 15 is 0 Å². The first-order valence-corrected chi connectivity index (χ1v) is 12.9. The van der Waals surface area contributed by atoms with Gasteiger partial charge >= 0.3 is 6.09 Å². The van der Waals surface area contributed by atoms with E-state index in [1.165, 1.54) is 12.4 Å². The van der Waals surface area contributed by atoms with Crippen LogP contribution in [0, 0.1) is 11.3 Å². The number of H-pyrrole nitrogens is 1. The molecule has 2 N–H and O–H groups in total. The molecule has 3 aromatic rings. The van der Waals surface area contributed by atoms with E-state index in [0.717, 1.165) is 16.6 Å². The molecule has 0 bridgehead atoms. The molecule has 1 amide bonds. The molecule has 5 rings (SSSR count). The van der Waals surface area contributed by atoms with Crippen molar-refractivity contribution < 1.29 is 17.9 Å². The SMILES string of the molecule is CC(C)(C)OC(=O)N1CCN(c2ncnc3[nH]c4cc(S(=O)(=O)NC5(C#N)CC5)ccc4c23)CC1. The number of nitrogens with zero attached hydrogens (tertiary/aromatic N) is 5. The number of amides is 1. The van der Waals surface area contributed by atoms with Gasteiger partial charge in [0.2, 0.25) is 10.0 Å². The van der Waals surface area contributed by atoms with Crippen molar-refractivity contribution in [3.8, 4) is 6.07 Å². The molecule has 2 aromatic heterocycles. The Hall–Kier alpha value is -3.43. The van der Waals surface area contributed by atoms with E-state index in [2.05, 4.69) is 24.6 Å². The molecule has 11 nitrogen and oxygen atoms in total. The third kappa shape index (κ3) is 4.49. The van der Waals surface area contributed by atoms with Crippen molar-refractivity contribution in [2.75, 3.05) is 31.1 Å². The number of carbonyl (C=O) groups is 1. The average molecular weight is 498 g/mol. The number of rotatable bonds is 4. The second-order valence-corrected chi connectivity index (χ2v) is 11.7. The van der Waals surface area contributed by atoms with E-state index in [1.807, 2.05) is 26.8 Å². The van der Waals surface area contributed by atoms with Gasteiger partial charge < -0.3 is 19.5 Å². The number of nitrogens with one attached hydrogen (secondary N) is 2. The number of benzene rings is 1. The number of carbonyl (C=O) groups excluding carboxylic acids is 1. The number of hydrogen-bond donors (Lipinski definition) is 2. The summed E-state index contributed by atoms with van der Waals surface area (Å²) in [6, 6.07) is 6.87. The van der Waals surface area contributed by atoms with Crippen LogP contribution in [-0.4, -0.2) is 71.7 Å². The Bertz CT molecular complexity index is 1460. The second kappa shape index (κ2) is 8.07. The van der Waals surface area contributed by atoms with Crippen molar-refractivity contribution in [3.63, 3.8) is 0 Å². The normalized spacial score (nSPS) is 18.0. The Morgan fingerprint density at radius 3 is 2.54 bits per heavy atom. The fourth-order valence-electron chi connectivity index (χ4n) is 4.20. The molecule has 3 heterocycles. The van der Waals surface area contributed by atoms with Gasteiger partial charge in [-0.05, 0) is 45.7 Å². The lowest BCUT2D eigenvalue weighted by Gasteiger charge is -2.36. The standard InChI is InChI=1S/C23H27N7O4S/c1-22(2,3)34-21(31)30-10-8-29(9-11-30)20-18-16-5-4-15(12-17(16)27-19(18)25-14-26-20)35(32,33)28-23(13-24)6-7-23/h4-5,12,14,28H,6-11H2,1-3H3,(H,25,26,27). The third-order valence-electron chi connectivity index (χ3n) is 6.18. The minimum absolute atomic E-state index is 0.0820. The van der Waals surface area contributed by atoms with Crippen molar-refractivity contribution in [3.05, 3.63) is 24.5 Å². The summed E-state index contributed by atoms with van der Waals surface area (Å²) in [4.78, 5) is 28.3. The highest BCUT2D eigenvalue weighted by atomic mass is 32.2. The van der Waals surface area contributed by atoms with Gasteiger partial charge in [0.25, 0.3) is 0 Å². The highest BCUT2D eigenvalue weighted by Gasteiger charge is 2.46. The molecule has 0 unspecified atom stereocenters. The van der Waals surface area contributed by atoms with E-state index < -0.39 is 21.2 Å². The maximum atomic E-state index is 12.8. The van der Waals surface area contributed by atoms with E-state index in [-0.39, 0.29) is 11.0 Å². The van der Waals surface area contributed by atoms with Gasteiger partial charge in [0.15, 0.2) is 0 Å². The van der Waals surface area contributed by atoms with Crippen LogP contribution in [0.3, 0.4) is 0 Å². The molecule has 2 aliphatic rings. The summed E-state index contributed by atoms with van der Waals surface area (Å²) in [5.41, 5.74) is -0.335. The monoisotopic (exact) mass is 497 g/mol. The quantitative estimate of drug-likeness (QED) is 0.559. The Morgan fingerprint density at radius 2 is 1.91 bits per heavy atom. The first-order valence-electron chi connectivity index (χ1n) is 11.4. The van der Waals surface area contributed by atoms with Crippen molar-refractivity contribution in [1.29, 1.82) is 5.26 Å². The fourth-order valence-corrected chi connectivity index (χ4v) is 5.61. The molecule has 0 spiro atoms. The summed E-state index contributed by atoms with van der Waals surface area (Å²) in [6.07, 6.45) is 2.16. The zero-order valence-corrected chi connectivity index (χ0v) is 20.6. The second-order valence-electron chi connectivity index (χ2n) is 10.0. The Kier molecular flexibility index (Phi) is 5.37. The predicted octanol–water partition coefficient (Wildman–Crippen LogP) is 2.50. The van der Waals surface area contributed by atoms with Crippen LogP contribution in [0.1, 0.15) is 33.6 Å². The van der Waals surface area contributed by atoms with Crippen LogP contribution in [0.15, 0.2) is 29.4 Å². The highest BCUT2D eigenvalue weighted by Crippen LogP contribution is 2.37. The molecule has 1 aliphatic carbocycles. The van der Waals surface area contributed by atoms with E-state index in [4.69, 9.17) is 4.74 Å². The van der Waals surface area contributed by atoms with Gasteiger partial charge in [-0.3, -0.25) is 0 Å². The van der Waals surface area contributed by atoms with Crippen LogP contribution in [0.25, 0.3) is 21.9 Å². The number of aromatic nitrogens is 3. The van der Waals surface area contributed by atoms with Crippen LogP contribution >= 0.6 is 0 Å². The van der Waals surface area contributed by atoms with E-state index in [1.54, 1.807) is 17.0 Å². The smallest absolute Gasteiger partial charge is 0.410 e. The minimum atomic E-state index is -3.84. The lowest BCUT2D eigenvalue weighted by atomic mass is 10.2. The van der Waals surface area contributed by atoms with Crippen LogP contribution in [0.2, 0.25) is 0 Å². The molecule has 1 aliphatic heterocycles. The number of aromatic amines is 1. The van der Waals surface area contributed by atoms with Crippen molar-refractivity contribution in [2.45, 2.75) is 49.6 Å². The molecule has 0 atom stereocenters. The average Bonchev–Trinajstić information content (AvgIpc) is 3.46. The molecule has 0 radical (unpaired) electrons. The summed E-state index contributed by atoms with van der Waals surface area (Å²) < 4.78 is 33.7. The van der Waals surface area contributed by atoms with Crippen molar-refractivity contribution >= 4 is 43.9 Å². The molecular formula is C23H27N7O4S. The molecule has 184 valence electrons. The van der Waals surface area contributed by atoms with Crippen molar-refractivity contribution in [1.82, 2.24) is 24.6 Å². The maximum absolute atomic E-state index is 12.8. The largest absolute Gasteiger partial charge is 0.444 e. The van der Waals surface area contributed by atoms with E-state index in [0.29, 0.717) is 50.2 Å². The third-order valence-corrected chi connectivity index (χ3v) is 7.71. The van der Waals surface area contributed by atoms with Crippen LogP contribution < -0.4 is 9.62 Å². The molecule has 1 aromatic carbocycles. The summed E-state index contributed by atoms with van der Waals surface area (Å²) in [7, 11) is -3.84. The molecular weight excluding hydrogens is 470 g/mol. The van der Waals surface area contributed by atoms with Crippen LogP contribution in [0.5, 0.6) is 0 Å². The topological polar surface area (TPSA) is 144 Å². The Balaban J connectivity index is 1.42. The maximum Gasteiger partial charge on any atom is 0.410 e. The van der Waals surface area contributed by atoms with Crippen LogP contribution in [0.4, 0.5) is 10.6 Å². The minimum Gasteiger partial charge on any atom is -0.444 e. The van der Waals surface area contributed by atoms with Gasteiger partial charge in [-0.1, -0.05) is 6.07 Å². The predicted molar refractivity (Wildman–Crippen MR) is 129 cm³/mol. The molecule has 1 saturated carbocycles. The van der Waals surface area contributed by atoms with Gasteiger partial charge in [0, 0.05) is 37.1 Å². The van der Waals surface area contributed by atoms with Gasteiger partial charge in [-0.25, -0.2) is 23.2 Å². The number of fused-ring (bicyclic) bond motifs is 3. The van der Waals surface area contributed by atoms with Gasteiger partial charge in [-0.15, -0.1) is 0 Å². The molecule has 35 heavy (non-hydrogen) atoms. The number of hydrogen-bond acceptors (Lipinski definition) is 8. The summed E-state index contributed by atoms with van der Waals surface area (Å²) >= 11 is 0. The van der Waals surface area contributed by atoms with Gasteiger partial charge in [-0.2, -0.15) is 9.98 Å². The van der Waals surface area contributed by atoms with Gasteiger partial charge in [0.05, 0.1) is 16.4 Å². The fraction of sp³-hybridized carbons (Fsp3) is 0.478. The van der Waals surface area contributed by atoms with Crippen molar-refractivity contribution in [2.24, 2.45) is 0 Å². The number of piperazine rings is 1. The first-order chi connectivity index (χ1) is 16.5. The van der Waals surface area contributed by atoms with E-state index in [9.17, 15) is 18.5 Å². The summed E-state index contributed by atoms with van der Waals surface area (Å²) in [5.74, 6) is 0.722. The Labute approximate surface area is 203 Å². The number of sulfonamides is 1. The zero-order chi connectivity index (χ0) is 25.0. The zero-order valence-electron chi connectivity index (χ0n) is 19.8.